The van der Waals surface area contributed by atoms with E-state index in [0.29, 0.717) is 0 Å². The fourth-order valence-corrected chi connectivity index (χ4v) is 1.06. The van der Waals surface area contributed by atoms with Crippen LogP contribution in [0.2, 0.25) is 0 Å². The van der Waals surface area contributed by atoms with E-state index in [1.807, 2.05) is 12.1 Å². The summed E-state index contributed by atoms with van der Waals surface area (Å²) in [5, 5.41) is 1.96. The molecule has 1 rings (SSSR count). The number of hydrazine groups is 1. The van der Waals surface area contributed by atoms with Gasteiger partial charge in [-0.15, -0.1) is 0 Å². The maximum atomic E-state index is 10.2. The lowest BCUT2D eigenvalue weighted by Gasteiger charge is -2.27. The summed E-state index contributed by atoms with van der Waals surface area (Å²) in [5.41, 5.74) is 3.03. The molecular formula is C6H12N2O. The van der Waals surface area contributed by atoms with E-state index in [-0.39, 0.29) is 6.04 Å². The van der Waals surface area contributed by atoms with E-state index in [1.54, 1.807) is 0 Å². The van der Waals surface area contributed by atoms with E-state index in [4.69, 9.17) is 0 Å². The molecule has 0 amide bonds. The van der Waals surface area contributed by atoms with E-state index >= 15 is 0 Å². The predicted octanol–water partition coefficient (Wildman–Crippen LogP) is -0.216. The minimum atomic E-state index is 0.0590. The number of carbonyl (C=O) groups is 1. The molecule has 1 fully saturated rings. The molecule has 0 radical (unpaired) electrons. The van der Waals surface area contributed by atoms with Gasteiger partial charge in [0.2, 0.25) is 0 Å². The summed E-state index contributed by atoms with van der Waals surface area (Å²) in [7, 11) is 1.95. The topological polar surface area (TPSA) is 32.3 Å². The number of hydrogen-bond donors (Lipinski definition) is 1. The summed E-state index contributed by atoms with van der Waals surface area (Å²) in [6.45, 7) is 1.05. The Kier molecular flexibility index (Phi) is 2.19. The molecule has 1 N–H and O–H groups in total. The predicted molar refractivity (Wildman–Crippen MR) is 34.9 cm³/mol. The van der Waals surface area contributed by atoms with Crippen molar-refractivity contribution in [1.29, 1.82) is 0 Å². The Morgan fingerprint density at radius 3 is 3.00 bits per heavy atom. The zero-order valence-electron chi connectivity index (χ0n) is 5.63. The second-order valence-corrected chi connectivity index (χ2v) is 2.44. The molecule has 3 nitrogen and oxygen atoms in total. The van der Waals surface area contributed by atoms with E-state index in [1.165, 1.54) is 0 Å². The van der Waals surface area contributed by atoms with Crippen LogP contribution in [-0.2, 0) is 4.79 Å². The maximum absolute atomic E-state index is 10.2. The van der Waals surface area contributed by atoms with Gasteiger partial charge in [-0.1, -0.05) is 0 Å². The molecule has 1 aliphatic rings. The number of rotatable bonds is 1. The van der Waals surface area contributed by atoms with Gasteiger partial charge in [0.05, 0.1) is 6.04 Å². The first-order valence-corrected chi connectivity index (χ1v) is 3.25. The van der Waals surface area contributed by atoms with Gasteiger partial charge in [0.15, 0.2) is 0 Å². The van der Waals surface area contributed by atoms with Crippen LogP contribution in [0.3, 0.4) is 0 Å². The van der Waals surface area contributed by atoms with Gasteiger partial charge in [-0.05, 0) is 12.8 Å². The van der Waals surface area contributed by atoms with Crippen molar-refractivity contribution in [1.82, 2.24) is 10.4 Å². The molecule has 1 atom stereocenters. The SMILES string of the molecule is CN1CCCC(C=O)N1. The molecule has 52 valence electrons. The van der Waals surface area contributed by atoms with Gasteiger partial charge in [-0.3, -0.25) is 0 Å². The van der Waals surface area contributed by atoms with Crippen molar-refractivity contribution in [2.75, 3.05) is 13.6 Å². The van der Waals surface area contributed by atoms with Crippen LogP contribution in [0.5, 0.6) is 0 Å². The van der Waals surface area contributed by atoms with Crippen LogP contribution < -0.4 is 5.43 Å². The Hall–Kier alpha value is -0.410. The van der Waals surface area contributed by atoms with Gasteiger partial charge in [0.1, 0.15) is 6.29 Å². The van der Waals surface area contributed by atoms with Crippen LogP contribution in [0.25, 0.3) is 0 Å². The van der Waals surface area contributed by atoms with Crippen LogP contribution >= 0.6 is 0 Å². The van der Waals surface area contributed by atoms with Crippen LogP contribution in [0.1, 0.15) is 12.8 Å². The third-order valence-electron chi connectivity index (χ3n) is 1.56. The van der Waals surface area contributed by atoms with E-state index < -0.39 is 0 Å². The van der Waals surface area contributed by atoms with E-state index in [0.717, 1.165) is 25.7 Å². The van der Waals surface area contributed by atoms with Crippen molar-refractivity contribution in [2.45, 2.75) is 18.9 Å². The zero-order chi connectivity index (χ0) is 6.69. The molecule has 0 saturated carbocycles. The highest BCUT2D eigenvalue weighted by Crippen LogP contribution is 2.02. The molecule has 0 aromatic rings. The van der Waals surface area contributed by atoms with Gasteiger partial charge >= 0.3 is 0 Å². The third kappa shape index (κ3) is 1.77. The zero-order valence-corrected chi connectivity index (χ0v) is 5.63. The number of nitrogens with one attached hydrogen (secondary N) is 1. The molecule has 0 aromatic carbocycles. The van der Waals surface area contributed by atoms with Crippen molar-refractivity contribution in [3.63, 3.8) is 0 Å². The maximum Gasteiger partial charge on any atom is 0.138 e. The van der Waals surface area contributed by atoms with Crippen LogP contribution in [-0.4, -0.2) is 30.9 Å². The highest BCUT2D eigenvalue weighted by molar-refractivity contribution is 5.57. The molecule has 1 aliphatic heterocycles. The van der Waals surface area contributed by atoms with Crippen molar-refractivity contribution in [2.24, 2.45) is 0 Å². The quantitative estimate of drug-likeness (QED) is 0.496. The lowest BCUT2D eigenvalue weighted by molar-refractivity contribution is -0.111. The van der Waals surface area contributed by atoms with Crippen LogP contribution in [0, 0.1) is 0 Å². The molecule has 1 saturated heterocycles. The number of aldehydes is 1. The molecule has 3 heteroatoms. The first-order chi connectivity index (χ1) is 4.33. The summed E-state index contributed by atoms with van der Waals surface area (Å²) in [5.74, 6) is 0. The van der Waals surface area contributed by atoms with Gasteiger partial charge in [-0.2, -0.15) is 0 Å². The highest BCUT2D eigenvalue weighted by Gasteiger charge is 2.13. The molecule has 0 spiro atoms. The largest absolute Gasteiger partial charge is 0.302 e. The second kappa shape index (κ2) is 2.94. The molecule has 1 heterocycles. The standard InChI is InChI=1S/C6H12N2O/c1-8-4-2-3-6(5-9)7-8/h5-7H,2-4H2,1H3. The molecule has 0 aliphatic carbocycles. The Morgan fingerprint density at radius 2 is 2.56 bits per heavy atom. The van der Waals surface area contributed by atoms with Gasteiger partial charge in [-0.25, -0.2) is 10.4 Å². The van der Waals surface area contributed by atoms with Crippen molar-refractivity contribution in [3.8, 4) is 0 Å². The Labute approximate surface area is 55.0 Å². The minimum absolute atomic E-state index is 0.0590. The van der Waals surface area contributed by atoms with Crippen LogP contribution in [0.15, 0.2) is 0 Å². The number of hydrogen-bond acceptors (Lipinski definition) is 3. The van der Waals surface area contributed by atoms with Gasteiger partial charge < -0.3 is 4.79 Å². The summed E-state index contributed by atoms with van der Waals surface area (Å²) in [6.07, 6.45) is 3.07. The summed E-state index contributed by atoms with van der Waals surface area (Å²) < 4.78 is 0. The van der Waals surface area contributed by atoms with Gasteiger partial charge in [0.25, 0.3) is 0 Å². The lowest BCUT2D eigenvalue weighted by Crippen LogP contribution is -2.47. The fourth-order valence-electron chi connectivity index (χ4n) is 1.06. The Balaban J connectivity index is 2.31. The van der Waals surface area contributed by atoms with Crippen molar-refractivity contribution >= 4 is 6.29 Å². The fraction of sp³-hybridized carbons (Fsp3) is 0.833. The van der Waals surface area contributed by atoms with E-state index in [2.05, 4.69) is 5.43 Å². The number of carbonyl (C=O) groups excluding carboxylic acids is 1. The molecule has 0 aromatic heterocycles. The summed E-state index contributed by atoms with van der Waals surface area (Å²) in [4.78, 5) is 10.2. The molecule has 1 unspecified atom stereocenters. The lowest BCUT2D eigenvalue weighted by atomic mass is 10.1. The highest BCUT2D eigenvalue weighted by atomic mass is 16.1. The first kappa shape index (κ1) is 6.71. The number of nitrogens with zero attached hydrogens (tertiary/aromatic N) is 1. The monoisotopic (exact) mass is 128 g/mol. The average Bonchev–Trinajstić information content (AvgIpc) is 1.88. The molecular weight excluding hydrogens is 116 g/mol. The van der Waals surface area contributed by atoms with Crippen molar-refractivity contribution < 1.29 is 4.79 Å². The first-order valence-electron chi connectivity index (χ1n) is 3.25. The molecule has 0 bridgehead atoms. The van der Waals surface area contributed by atoms with E-state index in [9.17, 15) is 4.79 Å². The Bertz CT molecular complexity index is 105. The minimum Gasteiger partial charge on any atom is -0.302 e. The smallest absolute Gasteiger partial charge is 0.138 e. The van der Waals surface area contributed by atoms with Crippen LogP contribution in [0.4, 0.5) is 0 Å². The average molecular weight is 128 g/mol. The molecule has 9 heavy (non-hydrogen) atoms. The second-order valence-electron chi connectivity index (χ2n) is 2.44. The summed E-state index contributed by atoms with van der Waals surface area (Å²) >= 11 is 0. The van der Waals surface area contributed by atoms with Gasteiger partial charge in [0, 0.05) is 13.6 Å². The Morgan fingerprint density at radius 1 is 1.78 bits per heavy atom. The third-order valence-corrected chi connectivity index (χ3v) is 1.56. The summed E-state index contributed by atoms with van der Waals surface area (Å²) in [6, 6.07) is 0.0590. The normalized spacial score (nSPS) is 30.1. The van der Waals surface area contributed by atoms with Crippen molar-refractivity contribution in [3.05, 3.63) is 0 Å².